The first kappa shape index (κ1) is 23.2. The Hall–Kier alpha value is 1.84. The summed E-state index contributed by atoms with van der Waals surface area (Å²) in [6.45, 7) is 0. The normalized spacial score (nSPS) is 3.43. The average molecular weight is 264 g/mol. The van der Waals surface area contributed by atoms with E-state index in [9.17, 15) is 0 Å². The van der Waals surface area contributed by atoms with Crippen LogP contribution in [0.4, 0.5) is 9.50 Å². The number of hydrogen-bond donors (Lipinski definition) is 2. The first-order valence-electron chi connectivity index (χ1n) is 0.651. The Balaban J connectivity index is -0.00000000450. The van der Waals surface area contributed by atoms with E-state index in [1.54, 1.807) is 0 Å². The summed E-state index contributed by atoms with van der Waals surface area (Å²) in [7, 11) is 0. The summed E-state index contributed by atoms with van der Waals surface area (Å²) in [5.74, 6) is 0. The van der Waals surface area contributed by atoms with Crippen LogP contribution < -0.4 is 0 Å². The van der Waals surface area contributed by atoms with E-state index >= 15 is 0 Å². The van der Waals surface area contributed by atoms with E-state index in [0.717, 1.165) is 0 Å². The minimum Gasteiger partial charge on any atom is -1.00 e. The van der Waals surface area contributed by atoms with Gasteiger partial charge in [0.15, 0.2) is 0 Å². The molecule has 6 heteroatoms. The monoisotopic (exact) mass is 264 g/mol. The summed E-state index contributed by atoms with van der Waals surface area (Å²) in [6, 6.07) is 0. The molecular formula is CH5CaCeFO3. The van der Waals surface area contributed by atoms with E-state index in [-0.39, 0.29) is 87.0 Å². The van der Waals surface area contributed by atoms with Crippen molar-refractivity contribution < 1.29 is 64.3 Å². The molecule has 0 rings (SSSR count). The van der Waals surface area contributed by atoms with Gasteiger partial charge in [0.1, 0.15) is 0 Å². The van der Waals surface area contributed by atoms with Gasteiger partial charge in [-0.15, -0.1) is 0 Å². The van der Waals surface area contributed by atoms with E-state index in [0.29, 0.717) is 0 Å². The van der Waals surface area contributed by atoms with Gasteiger partial charge in [0, 0.05) is 41.7 Å². The minimum absolute atomic E-state index is 0. The van der Waals surface area contributed by atoms with Crippen molar-refractivity contribution in [3.63, 3.8) is 0 Å². The fourth-order valence-electron chi connectivity index (χ4n) is 0. The maximum atomic E-state index is 8.56. The van der Waals surface area contributed by atoms with E-state index in [1.165, 1.54) is 0 Å². The van der Waals surface area contributed by atoms with Crippen LogP contribution in [0.2, 0.25) is 0 Å². The fraction of sp³-hybridized carbons (Fsp3) is 0. The Kier molecular flexibility index (Phi) is 51.9. The van der Waals surface area contributed by atoms with Crippen molar-refractivity contribution in [1.29, 1.82) is 0 Å². The van der Waals surface area contributed by atoms with Crippen molar-refractivity contribution in [2.45, 2.75) is 0 Å². The van der Waals surface area contributed by atoms with Crippen LogP contribution in [0.25, 0.3) is 0 Å². The van der Waals surface area contributed by atoms with Gasteiger partial charge in [-0.3, -0.25) is 4.70 Å². The van der Waals surface area contributed by atoms with E-state index in [1.807, 2.05) is 0 Å². The molecule has 3 nitrogen and oxygen atoms in total. The standard InChI is InChI=1S/CH2O3.Ca.Ce.FH.2H/c2-1(3)4;;;;;/h(H2,2,3,4);;;1H;;/q;+2;;;2*-1. The zero-order valence-electron chi connectivity index (χ0n) is 5.42. The number of hydrogen-bond acceptors (Lipinski definition) is 1. The second-order valence-electron chi connectivity index (χ2n) is 0.283. The van der Waals surface area contributed by atoms with Crippen LogP contribution in [-0.2, 0) is 0 Å². The molecular weight excluding hydrogens is 259 g/mol. The molecule has 2 N–H and O–H groups in total. The topological polar surface area (TPSA) is 57.5 Å². The molecule has 0 aromatic carbocycles. The smallest absolute Gasteiger partial charge is 1.00 e. The fourth-order valence-corrected chi connectivity index (χ4v) is 0. The van der Waals surface area contributed by atoms with Crippen LogP contribution in [0.3, 0.4) is 0 Å². The van der Waals surface area contributed by atoms with E-state index < -0.39 is 6.16 Å². The summed E-state index contributed by atoms with van der Waals surface area (Å²) < 4.78 is 0. The van der Waals surface area contributed by atoms with Gasteiger partial charge in [-0.05, 0) is 0 Å². The molecule has 0 aliphatic carbocycles. The average Bonchev–Trinajstić information content (AvgIpc) is 0.811. The van der Waals surface area contributed by atoms with Crippen molar-refractivity contribution in [1.82, 2.24) is 0 Å². The van der Waals surface area contributed by atoms with Crippen molar-refractivity contribution in [2.24, 2.45) is 0 Å². The first-order chi connectivity index (χ1) is 1.73. The number of halogens is 1. The summed E-state index contributed by atoms with van der Waals surface area (Å²) >= 11 is 0. The Morgan fingerprint density at radius 2 is 1.43 bits per heavy atom. The maximum Gasteiger partial charge on any atom is 2.00 e. The van der Waals surface area contributed by atoms with Crippen LogP contribution >= 0.6 is 0 Å². The Labute approximate surface area is 106 Å². The molecule has 40 valence electrons. The van der Waals surface area contributed by atoms with Gasteiger partial charge in [0.2, 0.25) is 0 Å². The number of rotatable bonds is 0. The quantitative estimate of drug-likeness (QED) is 0.615. The summed E-state index contributed by atoms with van der Waals surface area (Å²) in [5, 5.41) is 13.9. The SMILES string of the molecule is F.O=C(O)O.[Ca+2].[Ce].[H-].[H-]. The van der Waals surface area contributed by atoms with Gasteiger partial charge in [0.05, 0.1) is 0 Å². The molecule has 0 fully saturated rings. The molecule has 0 amide bonds. The molecule has 7 heavy (non-hydrogen) atoms. The Bertz CT molecular complexity index is 44.8. The van der Waals surface area contributed by atoms with Crippen LogP contribution in [0.1, 0.15) is 2.85 Å². The number of carbonyl (C=O) groups is 1. The van der Waals surface area contributed by atoms with Crippen LogP contribution in [0.5, 0.6) is 0 Å². The molecule has 0 saturated heterocycles. The van der Waals surface area contributed by atoms with Gasteiger partial charge in [-0.2, -0.15) is 0 Å². The van der Waals surface area contributed by atoms with E-state index in [4.69, 9.17) is 15.0 Å². The van der Waals surface area contributed by atoms with Crippen LogP contribution in [0.15, 0.2) is 0 Å². The maximum absolute atomic E-state index is 8.56. The largest absolute Gasteiger partial charge is 2.00 e. The molecule has 0 aromatic heterocycles. The molecule has 0 heterocycles. The summed E-state index contributed by atoms with van der Waals surface area (Å²) in [6.07, 6.45) is -1.83. The first-order valence-corrected chi connectivity index (χ1v) is 0.651. The minimum atomic E-state index is -1.83. The Morgan fingerprint density at radius 1 is 1.43 bits per heavy atom. The molecule has 0 bridgehead atoms. The molecule has 0 spiro atoms. The van der Waals surface area contributed by atoms with Crippen molar-refractivity contribution in [3.8, 4) is 0 Å². The van der Waals surface area contributed by atoms with Crippen molar-refractivity contribution >= 4 is 43.9 Å². The van der Waals surface area contributed by atoms with Gasteiger partial charge >= 0.3 is 43.9 Å². The molecule has 0 radical (unpaired) electrons. The molecule has 0 aromatic rings. The molecule has 0 aliphatic heterocycles. The number of carboxylic acid groups (broad SMARTS) is 2. The zero-order chi connectivity index (χ0) is 3.58. The van der Waals surface area contributed by atoms with E-state index in [2.05, 4.69) is 0 Å². The molecule has 0 saturated carbocycles. The van der Waals surface area contributed by atoms with Crippen LogP contribution in [0, 0.1) is 41.7 Å². The summed E-state index contributed by atoms with van der Waals surface area (Å²) in [5.41, 5.74) is 0. The third kappa shape index (κ3) is 79.2. The zero-order valence-corrected chi connectivity index (χ0v) is 8.77. The van der Waals surface area contributed by atoms with Crippen molar-refractivity contribution in [3.05, 3.63) is 0 Å². The van der Waals surface area contributed by atoms with Gasteiger partial charge in [-0.25, -0.2) is 4.79 Å². The molecule has 0 aliphatic rings. The Morgan fingerprint density at radius 3 is 1.43 bits per heavy atom. The molecule has 0 atom stereocenters. The predicted molar refractivity (Wildman–Crippen MR) is 21.1 cm³/mol. The van der Waals surface area contributed by atoms with Gasteiger partial charge in [-0.1, -0.05) is 0 Å². The molecule has 0 unspecified atom stereocenters. The van der Waals surface area contributed by atoms with Crippen molar-refractivity contribution in [2.75, 3.05) is 0 Å². The second kappa shape index (κ2) is 15.7. The van der Waals surface area contributed by atoms with Crippen LogP contribution in [-0.4, -0.2) is 54.1 Å². The van der Waals surface area contributed by atoms with Gasteiger partial charge < -0.3 is 13.1 Å². The third-order valence-corrected chi connectivity index (χ3v) is 0. The van der Waals surface area contributed by atoms with Gasteiger partial charge in [0.25, 0.3) is 0 Å². The predicted octanol–water partition coefficient (Wildman–Crippen LogP) is 0.219. The third-order valence-electron chi connectivity index (χ3n) is 0. The summed E-state index contributed by atoms with van der Waals surface area (Å²) in [4.78, 5) is 8.56. The second-order valence-corrected chi connectivity index (χ2v) is 0.283.